The SMILES string of the molecule is NC(=NC(=S)CN1CCCC1)c1cn(CC2CCOCC2)c2c(F)cccc12. The smallest absolute Gasteiger partial charge is 0.147 e. The van der Waals surface area contributed by atoms with Crippen LogP contribution in [0.25, 0.3) is 10.9 Å². The summed E-state index contributed by atoms with van der Waals surface area (Å²) in [6.07, 6.45) is 6.34. The van der Waals surface area contributed by atoms with Crippen LogP contribution >= 0.6 is 12.2 Å². The highest BCUT2D eigenvalue weighted by Crippen LogP contribution is 2.27. The van der Waals surface area contributed by atoms with Gasteiger partial charge in [0.1, 0.15) is 16.6 Å². The molecule has 0 spiro atoms. The molecule has 1 aromatic heterocycles. The van der Waals surface area contributed by atoms with Crippen molar-refractivity contribution in [2.75, 3.05) is 32.8 Å². The molecule has 28 heavy (non-hydrogen) atoms. The number of amidine groups is 1. The predicted octanol–water partition coefficient (Wildman–Crippen LogP) is 3.34. The summed E-state index contributed by atoms with van der Waals surface area (Å²) in [6.45, 7) is 5.08. The minimum Gasteiger partial charge on any atom is -0.383 e. The van der Waals surface area contributed by atoms with Gasteiger partial charge in [0.15, 0.2) is 0 Å². The van der Waals surface area contributed by atoms with Crippen LogP contribution in [0.3, 0.4) is 0 Å². The highest BCUT2D eigenvalue weighted by molar-refractivity contribution is 7.80. The van der Waals surface area contributed by atoms with E-state index in [1.54, 1.807) is 6.07 Å². The Bertz CT molecular complexity index is 882. The van der Waals surface area contributed by atoms with Crippen molar-refractivity contribution in [2.45, 2.75) is 32.2 Å². The Hall–Kier alpha value is -1.83. The number of aliphatic imine (C=N–C) groups is 1. The predicted molar refractivity (Wildman–Crippen MR) is 114 cm³/mol. The third-order valence-corrected chi connectivity index (χ3v) is 5.94. The van der Waals surface area contributed by atoms with Crippen molar-refractivity contribution < 1.29 is 9.13 Å². The summed E-state index contributed by atoms with van der Waals surface area (Å²) in [7, 11) is 0. The maximum Gasteiger partial charge on any atom is 0.147 e. The second-order valence-electron chi connectivity index (χ2n) is 7.76. The largest absolute Gasteiger partial charge is 0.383 e. The Balaban J connectivity index is 1.61. The Morgan fingerprint density at radius 2 is 2.00 bits per heavy atom. The number of nitrogens with zero attached hydrogens (tertiary/aromatic N) is 3. The number of halogens is 1. The van der Waals surface area contributed by atoms with Gasteiger partial charge in [-0.25, -0.2) is 9.38 Å². The van der Waals surface area contributed by atoms with Crippen LogP contribution in [0.5, 0.6) is 0 Å². The molecule has 3 heterocycles. The molecule has 0 atom stereocenters. The van der Waals surface area contributed by atoms with Crippen LogP contribution in [-0.2, 0) is 11.3 Å². The van der Waals surface area contributed by atoms with Gasteiger partial charge in [0.25, 0.3) is 0 Å². The lowest BCUT2D eigenvalue weighted by Crippen LogP contribution is -2.26. The maximum atomic E-state index is 14.7. The number of benzene rings is 1. The molecule has 7 heteroatoms. The zero-order valence-electron chi connectivity index (χ0n) is 16.1. The van der Waals surface area contributed by atoms with Crippen molar-refractivity contribution in [3.63, 3.8) is 0 Å². The van der Waals surface area contributed by atoms with Crippen LogP contribution < -0.4 is 5.73 Å². The van der Waals surface area contributed by atoms with Gasteiger partial charge in [-0.15, -0.1) is 0 Å². The van der Waals surface area contributed by atoms with E-state index in [0.717, 1.165) is 56.6 Å². The maximum absolute atomic E-state index is 14.7. The number of hydrogen-bond donors (Lipinski definition) is 1. The van der Waals surface area contributed by atoms with Crippen LogP contribution in [0.4, 0.5) is 4.39 Å². The van der Waals surface area contributed by atoms with E-state index in [1.807, 2.05) is 16.8 Å². The lowest BCUT2D eigenvalue weighted by atomic mass is 10.0. The first-order valence-corrected chi connectivity index (χ1v) is 10.5. The first-order valence-electron chi connectivity index (χ1n) is 10.1. The number of fused-ring (bicyclic) bond motifs is 1. The molecule has 0 radical (unpaired) electrons. The van der Waals surface area contributed by atoms with E-state index >= 15 is 0 Å². The summed E-state index contributed by atoms with van der Waals surface area (Å²) >= 11 is 5.45. The van der Waals surface area contributed by atoms with Crippen LogP contribution in [0.15, 0.2) is 29.4 Å². The topological polar surface area (TPSA) is 55.8 Å². The van der Waals surface area contributed by atoms with Crippen molar-refractivity contribution in [1.29, 1.82) is 0 Å². The average Bonchev–Trinajstić information content (AvgIpc) is 3.31. The van der Waals surface area contributed by atoms with Gasteiger partial charge in [0, 0.05) is 36.9 Å². The third kappa shape index (κ3) is 4.26. The second-order valence-corrected chi connectivity index (χ2v) is 8.23. The highest BCUT2D eigenvalue weighted by Gasteiger charge is 2.20. The van der Waals surface area contributed by atoms with Gasteiger partial charge in [-0.1, -0.05) is 24.4 Å². The van der Waals surface area contributed by atoms with Crippen LogP contribution in [0, 0.1) is 11.7 Å². The molecule has 1 aromatic carbocycles. The molecule has 2 aliphatic heterocycles. The van der Waals surface area contributed by atoms with E-state index in [9.17, 15) is 4.39 Å². The van der Waals surface area contributed by atoms with Gasteiger partial charge in [0.2, 0.25) is 0 Å². The lowest BCUT2D eigenvalue weighted by molar-refractivity contribution is 0.0616. The fourth-order valence-electron chi connectivity index (χ4n) is 4.23. The first kappa shape index (κ1) is 19.5. The van der Waals surface area contributed by atoms with Crippen molar-refractivity contribution in [3.8, 4) is 0 Å². The molecule has 2 fully saturated rings. The van der Waals surface area contributed by atoms with Crippen LogP contribution in [-0.4, -0.2) is 53.1 Å². The molecule has 0 aliphatic carbocycles. The van der Waals surface area contributed by atoms with Crippen LogP contribution in [0.1, 0.15) is 31.2 Å². The summed E-state index contributed by atoms with van der Waals surface area (Å²) in [5.74, 6) is 0.611. The average molecular weight is 403 g/mol. The molecule has 0 saturated carbocycles. The molecular weight excluding hydrogens is 375 g/mol. The molecule has 2 aliphatic rings. The number of nitrogens with two attached hydrogens (primary N) is 1. The number of likely N-dealkylation sites (tertiary alicyclic amines) is 1. The van der Waals surface area contributed by atoms with E-state index < -0.39 is 0 Å². The van der Waals surface area contributed by atoms with Crippen molar-refractivity contribution in [2.24, 2.45) is 16.6 Å². The zero-order valence-corrected chi connectivity index (χ0v) is 16.9. The minimum atomic E-state index is -0.233. The molecule has 2 saturated heterocycles. The fourth-order valence-corrected chi connectivity index (χ4v) is 4.51. The summed E-state index contributed by atoms with van der Waals surface area (Å²) < 4.78 is 22.1. The monoisotopic (exact) mass is 402 g/mol. The normalized spacial score (nSPS) is 19.5. The van der Waals surface area contributed by atoms with Gasteiger partial charge < -0.3 is 15.0 Å². The van der Waals surface area contributed by atoms with Gasteiger partial charge in [-0.05, 0) is 50.8 Å². The molecule has 2 aromatic rings. The molecule has 4 rings (SSSR count). The van der Waals surface area contributed by atoms with Gasteiger partial charge in [-0.3, -0.25) is 4.90 Å². The molecule has 0 amide bonds. The molecule has 0 unspecified atom stereocenters. The van der Waals surface area contributed by atoms with E-state index in [0.29, 0.717) is 28.8 Å². The lowest BCUT2D eigenvalue weighted by Gasteiger charge is -2.22. The molecule has 5 nitrogen and oxygen atoms in total. The fraction of sp³-hybridized carbons (Fsp3) is 0.524. The van der Waals surface area contributed by atoms with E-state index in [4.69, 9.17) is 22.7 Å². The summed E-state index contributed by atoms with van der Waals surface area (Å²) in [4.78, 5) is 7.36. The van der Waals surface area contributed by atoms with E-state index in [2.05, 4.69) is 9.89 Å². The highest BCUT2D eigenvalue weighted by atomic mass is 32.1. The standard InChI is InChI=1S/C21H27FN4OS/c22-18-5-3-4-16-17(21(23)24-19(28)14-25-8-1-2-9-25)13-26(20(16)18)12-15-6-10-27-11-7-15/h3-5,13,15H,1-2,6-12,14H2,(H2,23,24,28). The Kier molecular flexibility index (Phi) is 6.04. The number of thiocarbonyl (C=S) groups is 1. The number of aromatic nitrogens is 1. The summed E-state index contributed by atoms with van der Waals surface area (Å²) in [6, 6.07) is 5.12. The number of ether oxygens (including phenoxy) is 1. The van der Waals surface area contributed by atoms with Crippen LogP contribution in [0.2, 0.25) is 0 Å². The number of rotatable bonds is 5. The van der Waals surface area contributed by atoms with E-state index in [1.165, 1.54) is 18.9 Å². The zero-order chi connectivity index (χ0) is 19.5. The summed E-state index contributed by atoms with van der Waals surface area (Å²) in [5.41, 5.74) is 7.67. The van der Waals surface area contributed by atoms with Gasteiger partial charge in [0.05, 0.1) is 12.1 Å². The molecule has 0 bridgehead atoms. The van der Waals surface area contributed by atoms with Crippen molar-refractivity contribution in [3.05, 3.63) is 35.8 Å². The van der Waals surface area contributed by atoms with E-state index in [-0.39, 0.29) is 5.82 Å². The number of hydrogen-bond acceptors (Lipinski definition) is 3. The second kappa shape index (κ2) is 8.68. The Labute approximate surface area is 170 Å². The Morgan fingerprint density at radius 3 is 2.75 bits per heavy atom. The van der Waals surface area contributed by atoms with Gasteiger partial charge >= 0.3 is 0 Å². The third-order valence-electron chi connectivity index (χ3n) is 5.72. The van der Waals surface area contributed by atoms with Gasteiger partial charge in [-0.2, -0.15) is 0 Å². The molecule has 2 N–H and O–H groups in total. The molecule has 150 valence electrons. The number of para-hydroxylation sites is 1. The molecular formula is C21H27FN4OS. The van der Waals surface area contributed by atoms with Crippen molar-refractivity contribution in [1.82, 2.24) is 9.47 Å². The quantitative estimate of drug-likeness (QED) is 0.474. The minimum absolute atomic E-state index is 0.233. The summed E-state index contributed by atoms with van der Waals surface area (Å²) in [5, 5.41) is 0.789. The van der Waals surface area contributed by atoms with Crippen molar-refractivity contribution >= 4 is 33.9 Å². The first-order chi connectivity index (χ1) is 13.6. The Morgan fingerprint density at radius 1 is 1.25 bits per heavy atom.